The first kappa shape index (κ1) is 11.2. The van der Waals surface area contributed by atoms with Crippen LogP contribution < -0.4 is 5.32 Å². The molecule has 0 bridgehead atoms. The molecule has 0 saturated heterocycles. The van der Waals surface area contributed by atoms with Crippen LogP contribution in [0, 0.1) is 0 Å². The van der Waals surface area contributed by atoms with Gasteiger partial charge in [0.2, 0.25) is 0 Å². The molecule has 0 unspecified atom stereocenters. The van der Waals surface area contributed by atoms with E-state index in [-0.39, 0.29) is 0 Å². The third-order valence-corrected chi connectivity index (χ3v) is 2.27. The molecule has 1 aromatic carbocycles. The van der Waals surface area contributed by atoms with E-state index >= 15 is 0 Å². The monoisotopic (exact) mass is 193 g/mol. The van der Waals surface area contributed by atoms with E-state index in [1.807, 2.05) is 0 Å². The first-order chi connectivity index (χ1) is 6.86. The van der Waals surface area contributed by atoms with Gasteiger partial charge in [0.15, 0.2) is 0 Å². The van der Waals surface area contributed by atoms with Gasteiger partial charge in [0.1, 0.15) is 0 Å². The predicted molar refractivity (Wildman–Crippen MR) is 59.4 cm³/mol. The average molecular weight is 193 g/mol. The van der Waals surface area contributed by atoms with Crippen LogP contribution in [0.3, 0.4) is 0 Å². The number of benzene rings is 1. The third-order valence-electron chi connectivity index (χ3n) is 2.27. The summed E-state index contributed by atoms with van der Waals surface area (Å²) in [6.45, 7) is 3.78. The summed E-state index contributed by atoms with van der Waals surface area (Å²) in [6.07, 6.45) is 2.18. The zero-order chi connectivity index (χ0) is 10.2. The Labute approximate surface area is 86.3 Å². The van der Waals surface area contributed by atoms with Crippen molar-refractivity contribution < 1.29 is 4.74 Å². The molecule has 0 aliphatic carbocycles. The number of ether oxygens (including phenoxy) is 1. The molecule has 14 heavy (non-hydrogen) atoms. The second-order valence-corrected chi connectivity index (χ2v) is 3.35. The predicted octanol–water partition coefficient (Wildman–Crippen LogP) is 1.98. The molecule has 0 spiro atoms. The second kappa shape index (κ2) is 6.57. The fraction of sp³-hybridized carbons (Fsp3) is 0.500. The third kappa shape index (κ3) is 3.90. The van der Waals surface area contributed by atoms with Gasteiger partial charge in [0.25, 0.3) is 0 Å². The van der Waals surface area contributed by atoms with E-state index in [1.165, 1.54) is 11.1 Å². The topological polar surface area (TPSA) is 21.3 Å². The van der Waals surface area contributed by atoms with Crippen molar-refractivity contribution in [1.82, 2.24) is 5.32 Å². The van der Waals surface area contributed by atoms with E-state index in [4.69, 9.17) is 4.74 Å². The molecular formula is C12H19NO. The Morgan fingerprint density at radius 2 is 1.79 bits per heavy atom. The normalized spacial score (nSPS) is 10.4. The number of rotatable bonds is 6. The van der Waals surface area contributed by atoms with Crippen molar-refractivity contribution in [3.63, 3.8) is 0 Å². The van der Waals surface area contributed by atoms with Crippen molar-refractivity contribution >= 4 is 0 Å². The quantitative estimate of drug-likeness (QED) is 0.551. The Bertz CT molecular complexity index is 243. The fourth-order valence-corrected chi connectivity index (χ4v) is 1.35. The summed E-state index contributed by atoms with van der Waals surface area (Å²) >= 11 is 0. The van der Waals surface area contributed by atoms with Gasteiger partial charge in [-0.05, 0) is 24.0 Å². The number of nitrogens with one attached hydrogen (secondary N) is 1. The zero-order valence-corrected chi connectivity index (χ0v) is 9.05. The summed E-state index contributed by atoms with van der Waals surface area (Å²) in [7, 11) is 1.70. The summed E-state index contributed by atoms with van der Waals surface area (Å²) < 4.78 is 4.91. The van der Waals surface area contributed by atoms with E-state index in [9.17, 15) is 0 Å². The molecular weight excluding hydrogens is 174 g/mol. The summed E-state index contributed by atoms with van der Waals surface area (Å²) in [6, 6.07) is 8.80. The van der Waals surface area contributed by atoms with Crippen LogP contribution in [0.25, 0.3) is 0 Å². The highest BCUT2D eigenvalue weighted by Gasteiger charge is 1.93. The van der Waals surface area contributed by atoms with Gasteiger partial charge in [-0.2, -0.15) is 0 Å². The SMILES string of the molecule is CCc1ccc(CCNCOC)cc1. The van der Waals surface area contributed by atoms with Crippen LogP contribution in [0.15, 0.2) is 24.3 Å². The van der Waals surface area contributed by atoms with Crippen molar-refractivity contribution in [2.75, 3.05) is 20.4 Å². The minimum absolute atomic E-state index is 0.632. The zero-order valence-electron chi connectivity index (χ0n) is 9.05. The number of methoxy groups -OCH3 is 1. The van der Waals surface area contributed by atoms with Gasteiger partial charge >= 0.3 is 0 Å². The number of hydrogen-bond acceptors (Lipinski definition) is 2. The molecule has 0 aromatic heterocycles. The maximum absolute atomic E-state index is 4.91. The van der Waals surface area contributed by atoms with E-state index in [0.717, 1.165) is 19.4 Å². The molecule has 78 valence electrons. The maximum Gasteiger partial charge on any atom is 0.0961 e. The van der Waals surface area contributed by atoms with Crippen molar-refractivity contribution in [3.05, 3.63) is 35.4 Å². The van der Waals surface area contributed by atoms with Crippen LogP contribution >= 0.6 is 0 Å². The molecule has 0 radical (unpaired) electrons. The lowest BCUT2D eigenvalue weighted by atomic mass is 10.1. The molecule has 1 N–H and O–H groups in total. The highest BCUT2D eigenvalue weighted by atomic mass is 16.5. The molecule has 0 fully saturated rings. The Hall–Kier alpha value is -0.860. The van der Waals surface area contributed by atoms with Crippen molar-refractivity contribution in [3.8, 4) is 0 Å². The molecule has 0 saturated carbocycles. The molecule has 0 aliphatic rings. The molecule has 2 nitrogen and oxygen atoms in total. The van der Waals surface area contributed by atoms with Crippen LogP contribution in [-0.4, -0.2) is 20.4 Å². The van der Waals surface area contributed by atoms with Crippen LogP contribution in [0.1, 0.15) is 18.1 Å². The number of hydrogen-bond donors (Lipinski definition) is 1. The first-order valence-corrected chi connectivity index (χ1v) is 5.14. The van der Waals surface area contributed by atoms with Crippen LogP contribution in [0.2, 0.25) is 0 Å². The van der Waals surface area contributed by atoms with Gasteiger partial charge in [-0.25, -0.2) is 0 Å². The molecule has 1 aromatic rings. The first-order valence-electron chi connectivity index (χ1n) is 5.14. The molecule has 2 heteroatoms. The van der Waals surface area contributed by atoms with E-state index < -0.39 is 0 Å². The Balaban J connectivity index is 2.29. The van der Waals surface area contributed by atoms with Gasteiger partial charge in [0, 0.05) is 13.7 Å². The summed E-state index contributed by atoms with van der Waals surface area (Å²) in [5.74, 6) is 0. The van der Waals surface area contributed by atoms with Crippen molar-refractivity contribution in [1.29, 1.82) is 0 Å². The lowest BCUT2D eigenvalue weighted by molar-refractivity contribution is 0.176. The minimum atomic E-state index is 0.632. The molecule has 1 rings (SSSR count). The summed E-state index contributed by atoms with van der Waals surface area (Å²) in [5.41, 5.74) is 2.78. The second-order valence-electron chi connectivity index (χ2n) is 3.35. The highest BCUT2D eigenvalue weighted by Crippen LogP contribution is 2.04. The molecule has 0 atom stereocenters. The van der Waals surface area contributed by atoms with E-state index in [2.05, 4.69) is 36.5 Å². The highest BCUT2D eigenvalue weighted by molar-refractivity contribution is 5.22. The minimum Gasteiger partial charge on any atom is -0.370 e. The van der Waals surface area contributed by atoms with E-state index in [1.54, 1.807) is 7.11 Å². The van der Waals surface area contributed by atoms with Crippen LogP contribution in [0.4, 0.5) is 0 Å². The molecule has 0 amide bonds. The average Bonchev–Trinajstić information content (AvgIpc) is 2.25. The number of aryl methyl sites for hydroxylation is 1. The largest absolute Gasteiger partial charge is 0.370 e. The standard InChI is InChI=1S/C12H19NO/c1-3-11-4-6-12(7-5-11)8-9-13-10-14-2/h4-7,13H,3,8-10H2,1-2H3. The van der Waals surface area contributed by atoms with Crippen LogP contribution in [-0.2, 0) is 17.6 Å². The fourth-order valence-electron chi connectivity index (χ4n) is 1.35. The van der Waals surface area contributed by atoms with Gasteiger partial charge in [-0.15, -0.1) is 0 Å². The molecule has 0 aliphatic heterocycles. The van der Waals surface area contributed by atoms with Gasteiger partial charge in [-0.1, -0.05) is 31.2 Å². The van der Waals surface area contributed by atoms with Crippen molar-refractivity contribution in [2.45, 2.75) is 19.8 Å². The summed E-state index contributed by atoms with van der Waals surface area (Å²) in [5, 5.41) is 3.19. The van der Waals surface area contributed by atoms with Gasteiger partial charge < -0.3 is 4.74 Å². The van der Waals surface area contributed by atoms with Gasteiger partial charge in [0.05, 0.1) is 6.73 Å². The Morgan fingerprint density at radius 1 is 1.14 bits per heavy atom. The summed E-state index contributed by atoms with van der Waals surface area (Å²) in [4.78, 5) is 0. The smallest absolute Gasteiger partial charge is 0.0961 e. The van der Waals surface area contributed by atoms with E-state index in [0.29, 0.717) is 6.73 Å². The maximum atomic E-state index is 4.91. The lowest BCUT2D eigenvalue weighted by Crippen LogP contribution is -2.19. The van der Waals surface area contributed by atoms with Crippen molar-refractivity contribution in [2.24, 2.45) is 0 Å². The Kier molecular flexibility index (Phi) is 5.27. The van der Waals surface area contributed by atoms with Gasteiger partial charge in [-0.3, -0.25) is 5.32 Å². The molecule has 0 heterocycles. The Morgan fingerprint density at radius 3 is 2.36 bits per heavy atom. The van der Waals surface area contributed by atoms with Crippen LogP contribution in [0.5, 0.6) is 0 Å². The lowest BCUT2D eigenvalue weighted by Gasteiger charge is -2.04.